The highest BCUT2D eigenvalue weighted by Gasteiger charge is 2.11. The minimum Gasteiger partial charge on any atom is -0.491 e. The van der Waals surface area contributed by atoms with Crippen LogP contribution >= 0.6 is 0 Å². The van der Waals surface area contributed by atoms with Crippen LogP contribution in [-0.2, 0) is 0 Å². The van der Waals surface area contributed by atoms with E-state index in [0.717, 1.165) is 11.1 Å². The fourth-order valence-electron chi connectivity index (χ4n) is 1.57. The number of aliphatic hydroxyl groups is 1. The largest absolute Gasteiger partial charge is 0.491 e. The maximum atomic E-state index is 10.9. The number of carboxylic acids is 1. The summed E-state index contributed by atoms with van der Waals surface area (Å²) in [4.78, 5) is 10.9. The van der Waals surface area contributed by atoms with E-state index in [1.165, 1.54) is 12.1 Å². The molecule has 6 heteroatoms. The third kappa shape index (κ3) is 2.49. The Bertz CT molecular complexity index is 537. The highest BCUT2D eigenvalue weighted by atomic mass is 16.5. The zero-order chi connectivity index (χ0) is 13.0. The van der Waals surface area contributed by atoms with Crippen molar-refractivity contribution in [2.24, 2.45) is 0 Å². The first-order chi connectivity index (χ1) is 8.72. The van der Waals surface area contributed by atoms with Gasteiger partial charge in [0.2, 0.25) is 0 Å². The zero-order valence-electron chi connectivity index (χ0n) is 9.46. The fraction of sp³-hybridized carbons (Fsp3) is 0.167. The number of aromatic amines is 1. The van der Waals surface area contributed by atoms with Gasteiger partial charge in [0.05, 0.1) is 18.4 Å². The van der Waals surface area contributed by atoms with E-state index < -0.39 is 5.97 Å². The monoisotopic (exact) mass is 248 g/mol. The van der Waals surface area contributed by atoms with E-state index in [2.05, 4.69) is 10.2 Å². The summed E-state index contributed by atoms with van der Waals surface area (Å²) in [6.07, 6.45) is 3.29. The maximum Gasteiger partial charge on any atom is 0.335 e. The van der Waals surface area contributed by atoms with Crippen molar-refractivity contribution in [2.45, 2.75) is 0 Å². The average molecular weight is 248 g/mol. The van der Waals surface area contributed by atoms with Gasteiger partial charge in [-0.3, -0.25) is 5.10 Å². The number of hydrogen-bond donors (Lipinski definition) is 3. The van der Waals surface area contributed by atoms with Gasteiger partial charge in [0.1, 0.15) is 12.4 Å². The highest BCUT2D eigenvalue weighted by Crippen LogP contribution is 2.30. The number of hydrogen-bond acceptors (Lipinski definition) is 4. The lowest BCUT2D eigenvalue weighted by Crippen LogP contribution is -2.04. The molecular formula is C12H12N2O4. The summed E-state index contributed by atoms with van der Waals surface area (Å²) in [5, 5.41) is 24.2. The van der Waals surface area contributed by atoms with Crippen molar-refractivity contribution in [2.75, 3.05) is 13.2 Å². The molecule has 0 aliphatic heterocycles. The van der Waals surface area contributed by atoms with Crippen molar-refractivity contribution >= 4 is 5.97 Å². The third-order valence-electron chi connectivity index (χ3n) is 2.39. The predicted molar refractivity (Wildman–Crippen MR) is 63.6 cm³/mol. The topological polar surface area (TPSA) is 95.4 Å². The van der Waals surface area contributed by atoms with Gasteiger partial charge >= 0.3 is 5.97 Å². The molecule has 1 aromatic heterocycles. The molecule has 0 amide bonds. The van der Waals surface area contributed by atoms with Crippen LogP contribution in [0.15, 0.2) is 30.6 Å². The number of benzene rings is 1. The second-order valence-electron chi connectivity index (χ2n) is 3.58. The van der Waals surface area contributed by atoms with Gasteiger partial charge < -0.3 is 14.9 Å². The number of aromatic carboxylic acids is 1. The van der Waals surface area contributed by atoms with Crippen molar-refractivity contribution in [3.63, 3.8) is 0 Å². The molecule has 0 unspecified atom stereocenters. The minimum absolute atomic E-state index is 0.105. The van der Waals surface area contributed by atoms with Crippen LogP contribution in [0.5, 0.6) is 5.75 Å². The molecule has 3 N–H and O–H groups in total. The Kier molecular flexibility index (Phi) is 3.59. The van der Waals surface area contributed by atoms with Gasteiger partial charge in [-0.15, -0.1) is 0 Å². The molecule has 0 bridgehead atoms. The van der Waals surface area contributed by atoms with Crippen molar-refractivity contribution in [3.05, 3.63) is 36.2 Å². The van der Waals surface area contributed by atoms with Gasteiger partial charge in [0.15, 0.2) is 0 Å². The summed E-state index contributed by atoms with van der Waals surface area (Å²) >= 11 is 0. The van der Waals surface area contributed by atoms with Crippen LogP contribution in [0.4, 0.5) is 0 Å². The van der Waals surface area contributed by atoms with E-state index in [1.54, 1.807) is 18.5 Å². The van der Waals surface area contributed by atoms with Crippen LogP contribution in [0.25, 0.3) is 11.1 Å². The normalized spacial score (nSPS) is 10.3. The summed E-state index contributed by atoms with van der Waals surface area (Å²) in [6, 6.07) is 4.58. The van der Waals surface area contributed by atoms with Crippen LogP contribution in [-0.4, -0.2) is 39.6 Å². The lowest BCUT2D eigenvalue weighted by molar-refractivity contribution is 0.0696. The summed E-state index contributed by atoms with van der Waals surface area (Å²) in [5.41, 5.74) is 1.65. The average Bonchev–Trinajstić information content (AvgIpc) is 2.89. The Labute approximate surface area is 103 Å². The van der Waals surface area contributed by atoms with E-state index in [4.69, 9.17) is 14.9 Å². The zero-order valence-corrected chi connectivity index (χ0v) is 9.46. The number of nitrogens with zero attached hydrogens (tertiary/aromatic N) is 1. The molecule has 0 atom stereocenters. The number of rotatable bonds is 5. The molecule has 94 valence electrons. The third-order valence-corrected chi connectivity index (χ3v) is 2.39. The van der Waals surface area contributed by atoms with E-state index in [0.29, 0.717) is 5.75 Å². The summed E-state index contributed by atoms with van der Waals surface area (Å²) in [6.45, 7) is -0.0317. The molecule has 0 radical (unpaired) electrons. The van der Waals surface area contributed by atoms with E-state index in [1.807, 2.05) is 0 Å². The molecule has 2 rings (SSSR count). The smallest absolute Gasteiger partial charge is 0.335 e. The van der Waals surface area contributed by atoms with Gasteiger partial charge in [0.25, 0.3) is 0 Å². The molecular weight excluding hydrogens is 236 g/mol. The van der Waals surface area contributed by atoms with Crippen molar-refractivity contribution in [1.82, 2.24) is 10.2 Å². The molecule has 1 heterocycles. The molecule has 0 aliphatic rings. The second-order valence-corrected chi connectivity index (χ2v) is 3.58. The molecule has 18 heavy (non-hydrogen) atoms. The Morgan fingerprint density at radius 3 is 2.89 bits per heavy atom. The van der Waals surface area contributed by atoms with Crippen molar-refractivity contribution < 1.29 is 19.7 Å². The minimum atomic E-state index is -1.03. The Morgan fingerprint density at radius 2 is 2.28 bits per heavy atom. The summed E-state index contributed by atoms with van der Waals surface area (Å²) < 4.78 is 5.35. The van der Waals surface area contributed by atoms with Gasteiger partial charge in [0, 0.05) is 17.3 Å². The lowest BCUT2D eigenvalue weighted by Gasteiger charge is -2.10. The Morgan fingerprint density at radius 1 is 1.44 bits per heavy atom. The summed E-state index contributed by atoms with van der Waals surface area (Å²) in [7, 11) is 0. The first-order valence-corrected chi connectivity index (χ1v) is 5.32. The standard InChI is InChI=1S/C12H12N2O4/c15-3-4-18-11-5-8(12(16)17)1-2-10(11)9-6-13-14-7-9/h1-2,5-7,15H,3-4H2,(H,13,14)(H,16,17). The van der Waals surface area contributed by atoms with Crippen LogP contribution in [0.1, 0.15) is 10.4 Å². The Hall–Kier alpha value is -2.34. The number of carboxylic acid groups (broad SMARTS) is 1. The highest BCUT2D eigenvalue weighted by molar-refractivity contribution is 5.89. The van der Waals surface area contributed by atoms with Crippen LogP contribution in [0.3, 0.4) is 0 Å². The predicted octanol–water partition coefficient (Wildman–Crippen LogP) is 1.15. The van der Waals surface area contributed by atoms with Crippen LogP contribution in [0, 0.1) is 0 Å². The quantitative estimate of drug-likeness (QED) is 0.737. The SMILES string of the molecule is O=C(O)c1ccc(-c2cn[nH]c2)c(OCCO)c1. The lowest BCUT2D eigenvalue weighted by atomic mass is 10.1. The summed E-state index contributed by atoms with van der Waals surface area (Å²) in [5.74, 6) is -0.618. The first kappa shape index (κ1) is 12.1. The molecule has 2 aromatic rings. The first-order valence-electron chi connectivity index (χ1n) is 5.32. The number of carbonyl (C=O) groups is 1. The molecule has 0 fully saturated rings. The Balaban J connectivity index is 2.41. The molecule has 0 saturated heterocycles. The molecule has 0 aliphatic carbocycles. The molecule has 6 nitrogen and oxygen atoms in total. The van der Waals surface area contributed by atoms with Crippen molar-refractivity contribution in [3.8, 4) is 16.9 Å². The van der Waals surface area contributed by atoms with Crippen molar-refractivity contribution in [1.29, 1.82) is 0 Å². The van der Waals surface area contributed by atoms with Gasteiger partial charge in [-0.05, 0) is 18.2 Å². The number of aliphatic hydroxyl groups excluding tert-OH is 1. The number of H-pyrrole nitrogens is 1. The fourth-order valence-corrected chi connectivity index (χ4v) is 1.57. The molecule has 0 spiro atoms. The van der Waals surface area contributed by atoms with Crippen LogP contribution < -0.4 is 4.74 Å². The molecule has 1 aromatic carbocycles. The maximum absolute atomic E-state index is 10.9. The van der Waals surface area contributed by atoms with Gasteiger partial charge in [-0.2, -0.15) is 5.10 Å². The van der Waals surface area contributed by atoms with E-state index in [-0.39, 0.29) is 18.8 Å². The van der Waals surface area contributed by atoms with E-state index >= 15 is 0 Å². The van der Waals surface area contributed by atoms with Gasteiger partial charge in [-0.1, -0.05) is 0 Å². The second kappa shape index (κ2) is 5.33. The number of aromatic nitrogens is 2. The van der Waals surface area contributed by atoms with E-state index in [9.17, 15) is 4.79 Å². The number of ether oxygens (including phenoxy) is 1. The van der Waals surface area contributed by atoms with Gasteiger partial charge in [-0.25, -0.2) is 4.79 Å². The molecule has 0 saturated carbocycles. The van der Waals surface area contributed by atoms with Crippen LogP contribution in [0.2, 0.25) is 0 Å². The number of nitrogens with one attached hydrogen (secondary N) is 1.